The van der Waals surface area contributed by atoms with E-state index in [9.17, 15) is 4.79 Å². The van der Waals surface area contributed by atoms with E-state index >= 15 is 0 Å². The number of amides is 1. The van der Waals surface area contributed by atoms with E-state index in [1.165, 1.54) is 0 Å². The van der Waals surface area contributed by atoms with Crippen molar-refractivity contribution >= 4 is 11.6 Å². The second-order valence-electron chi connectivity index (χ2n) is 7.80. The van der Waals surface area contributed by atoms with Crippen molar-refractivity contribution in [1.82, 2.24) is 14.7 Å². The maximum atomic E-state index is 12.5. The van der Waals surface area contributed by atoms with E-state index < -0.39 is 0 Å². The van der Waals surface area contributed by atoms with Crippen LogP contribution in [-0.2, 0) is 4.79 Å². The molecule has 0 bridgehead atoms. The molecule has 0 fully saturated rings. The average Bonchev–Trinajstić information content (AvgIpc) is 2.82. The predicted molar refractivity (Wildman–Crippen MR) is 103 cm³/mol. The van der Waals surface area contributed by atoms with Gasteiger partial charge in [0.2, 0.25) is 5.91 Å². The zero-order valence-corrected chi connectivity index (χ0v) is 16.4. The Hall–Kier alpha value is -2.14. The number of carbonyl (C=O) groups is 1. The minimum Gasteiger partial charge on any atom is -0.322 e. The number of aromatic nitrogens is 2. The van der Waals surface area contributed by atoms with E-state index in [2.05, 4.69) is 43.0 Å². The molecule has 0 spiro atoms. The quantitative estimate of drug-likeness (QED) is 0.899. The summed E-state index contributed by atoms with van der Waals surface area (Å²) >= 11 is 0. The highest BCUT2D eigenvalue weighted by molar-refractivity contribution is 5.93. The van der Waals surface area contributed by atoms with Crippen molar-refractivity contribution in [1.29, 1.82) is 0 Å². The fraction of sp³-hybridized carbons (Fsp3) is 0.500. The van der Waals surface area contributed by atoms with Crippen molar-refractivity contribution < 1.29 is 4.79 Å². The van der Waals surface area contributed by atoms with E-state index in [0.29, 0.717) is 12.6 Å². The number of hydrogen-bond donors (Lipinski definition) is 1. The fourth-order valence-electron chi connectivity index (χ4n) is 2.85. The molecule has 1 N–H and O–H groups in total. The lowest BCUT2D eigenvalue weighted by molar-refractivity contribution is -0.117. The standard InChI is InChI=1S/C20H30N4O/c1-14-19(15(2)24(22-14)17-11-9-8-10-12-17)21-18(25)13-23(7)16(3)20(4,5)6/h8-12,16H,13H2,1-7H3,(H,21,25). The number of hydrogen-bond acceptors (Lipinski definition) is 3. The molecule has 0 aliphatic carbocycles. The Kier molecular flexibility index (Phi) is 5.68. The molecule has 2 aromatic rings. The molecule has 0 aliphatic heterocycles. The van der Waals surface area contributed by atoms with Gasteiger partial charge in [-0.2, -0.15) is 5.10 Å². The first-order valence-electron chi connectivity index (χ1n) is 8.73. The van der Waals surface area contributed by atoms with Gasteiger partial charge in [-0.15, -0.1) is 0 Å². The first kappa shape index (κ1) is 19.2. The maximum Gasteiger partial charge on any atom is 0.238 e. The zero-order valence-electron chi connectivity index (χ0n) is 16.4. The van der Waals surface area contributed by atoms with E-state index in [4.69, 9.17) is 0 Å². The van der Waals surface area contributed by atoms with Crippen molar-refractivity contribution in [3.8, 4) is 5.69 Å². The Bertz CT molecular complexity index is 728. The summed E-state index contributed by atoms with van der Waals surface area (Å²) in [6.07, 6.45) is 0. The molecule has 5 heteroatoms. The van der Waals surface area contributed by atoms with Crippen LogP contribution in [0.5, 0.6) is 0 Å². The van der Waals surface area contributed by atoms with Crippen molar-refractivity contribution in [2.45, 2.75) is 47.6 Å². The normalized spacial score (nSPS) is 13.1. The lowest BCUT2D eigenvalue weighted by Gasteiger charge is -2.34. The lowest BCUT2D eigenvalue weighted by atomic mass is 9.87. The second kappa shape index (κ2) is 7.40. The molecule has 1 atom stereocenters. The molecule has 0 saturated carbocycles. The van der Waals surface area contributed by atoms with Gasteiger partial charge in [-0.1, -0.05) is 39.0 Å². The van der Waals surface area contributed by atoms with Gasteiger partial charge in [0.25, 0.3) is 0 Å². The maximum absolute atomic E-state index is 12.5. The third-order valence-electron chi connectivity index (χ3n) is 4.86. The Labute approximate surface area is 151 Å². The molecule has 1 unspecified atom stereocenters. The van der Waals surface area contributed by atoms with Crippen LogP contribution in [0.1, 0.15) is 39.1 Å². The minimum atomic E-state index is -0.0163. The van der Waals surface area contributed by atoms with Crippen LogP contribution in [0.25, 0.3) is 5.69 Å². The van der Waals surface area contributed by atoms with Crippen LogP contribution in [0.2, 0.25) is 0 Å². The summed E-state index contributed by atoms with van der Waals surface area (Å²) in [6, 6.07) is 10.2. The van der Waals surface area contributed by atoms with Crippen molar-refractivity contribution in [2.24, 2.45) is 5.41 Å². The smallest absolute Gasteiger partial charge is 0.238 e. The highest BCUT2D eigenvalue weighted by Gasteiger charge is 2.25. The number of nitrogens with one attached hydrogen (secondary N) is 1. The summed E-state index contributed by atoms with van der Waals surface area (Å²) in [5, 5.41) is 7.62. The molecule has 0 saturated heterocycles. The number of para-hydroxylation sites is 1. The molecule has 1 amide bonds. The molecule has 25 heavy (non-hydrogen) atoms. The van der Waals surface area contributed by atoms with Crippen molar-refractivity contribution in [2.75, 3.05) is 18.9 Å². The van der Waals surface area contributed by atoms with E-state index in [0.717, 1.165) is 22.8 Å². The summed E-state index contributed by atoms with van der Waals surface area (Å²) in [6.45, 7) is 13.0. The van der Waals surface area contributed by atoms with Gasteiger partial charge in [-0.25, -0.2) is 4.68 Å². The molecule has 1 aromatic carbocycles. The summed E-state index contributed by atoms with van der Waals surface area (Å²) in [5.41, 5.74) is 3.66. The van der Waals surface area contributed by atoms with Crippen molar-refractivity contribution in [3.05, 3.63) is 41.7 Å². The van der Waals surface area contributed by atoms with Crippen LogP contribution in [0.3, 0.4) is 0 Å². The van der Waals surface area contributed by atoms with Gasteiger partial charge in [-0.3, -0.25) is 9.69 Å². The second-order valence-corrected chi connectivity index (χ2v) is 7.80. The molecule has 1 heterocycles. The van der Waals surface area contributed by atoms with Gasteiger partial charge in [-0.05, 0) is 45.4 Å². The SMILES string of the molecule is Cc1nn(-c2ccccc2)c(C)c1NC(=O)CN(C)C(C)C(C)(C)C. The number of aryl methyl sites for hydroxylation is 1. The third kappa shape index (κ3) is 4.48. The Morgan fingerprint density at radius 3 is 2.40 bits per heavy atom. The molecule has 1 aromatic heterocycles. The topological polar surface area (TPSA) is 50.2 Å². The number of carbonyl (C=O) groups excluding carboxylic acids is 1. The van der Waals surface area contributed by atoms with Gasteiger partial charge in [0.1, 0.15) is 0 Å². The predicted octanol–water partition coefficient (Wildman–Crippen LogP) is 3.79. The average molecular weight is 342 g/mol. The Morgan fingerprint density at radius 1 is 1.24 bits per heavy atom. The fourth-order valence-corrected chi connectivity index (χ4v) is 2.85. The highest BCUT2D eigenvalue weighted by atomic mass is 16.2. The summed E-state index contributed by atoms with van der Waals surface area (Å²) < 4.78 is 1.87. The van der Waals surface area contributed by atoms with Crippen LogP contribution in [-0.4, -0.2) is 40.2 Å². The molecular formula is C20H30N4O. The van der Waals surface area contributed by atoms with Crippen LogP contribution >= 0.6 is 0 Å². The monoisotopic (exact) mass is 342 g/mol. The highest BCUT2D eigenvalue weighted by Crippen LogP contribution is 2.24. The van der Waals surface area contributed by atoms with Crippen LogP contribution in [0, 0.1) is 19.3 Å². The van der Waals surface area contributed by atoms with Gasteiger partial charge in [0.05, 0.1) is 29.3 Å². The van der Waals surface area contributed by atoms with Crippen LogP contribution in [0.15, 0.2) is 30.3 Å². The first-order chi connectivity index (χ1) is 11.6. The number of likely N-dealkylation sites (N-methyl/N-ethyl adjacent to an activating group) is 1. The van der Waals surface area contributed by atoms with E-state index in [1.807, 2.05) is 55.9 Å². The Morgan fingerprint density at radius 2 is 1.84 bits per heavy atom. The molecular weight excluding hydrogens is 312 g/mol. The van der Waals surface area contributed by atoms with E-state index in [1.54, 1.807) is 0 Å². The molecule has 0 radical (unpaired) electrons. The van der Waals surface area contributed by atoms with Gasteiger partial charge in [0, 0.05) is 6.04 Å². The lowest BCUT2D eigenvalue weighted by Crippen LogP contribution is -2.43. The summed E-state index contributed by atoms with van der Waals surface area (Å²) in [4.78, 5) is 14.6. The minimum absolute atomic E-state index is 0.0163. The van der Waals surface area contributed by atoms with Gasteiger partial charge < -0.3 is 5.32 Å². The third-order valence-corrected chi connectivity index (χ3v) is 4.86. The van der Waals surface area contributed by atoms with Crippen LogP contribution < -0.4 is 5.32 Å². The number of nitrogens with zero attached hydrogens (tertiary/aromatic N) is 3. The van der Waals surface area contributed by atoms with Gasteiger partial charge >= 0.3 is 0 Å². The number of benzene rings is 1. The summed E-state index contributed by atoms with van der Waals surface area (Å²) in [7, 11) is 1.99. The molecule has 0 aliphatic rings. The summed E-state index contributed by atoms with van der Waals surface area (Å²) in [5.74, 6) is -0.0163. The zero-order chi connectivity index (χ0) is 18.8. The van der Waals surface area contributed by atoms with Crippen LogP contribution in [0.4, 0.5) is 5.69 Å². The van der Waals surface area contributed by atoms with E-state index in [-0.39, 0.29) is 11.3 Å². The number of rotatable bonds is 5. The molecule has 2 rings (SSSR count). The van der Waals surface area contributed by atoms with Gasteiger partial charge in [0.15, 0.2) is 0 Å². The Balaban J connectivity index is 2.13. The first-order valence-corrected chi connectivity index (χ1v) is 8.73. The largest absolute Gasteiger partial charge is 0.322 e. The molecule has 136 valence electrons. The molecule has 5 nitrogen and oxygen atoms in total. The van der Waals surface area contributed by atoms with Crippen molar-refractivity contribution in [3.63, 3.8) is 0 Å². The number of anilines is 1.